The Labute approximate surface area is 98.7 Å². The van der Waals surface area contributed by atoms with Crippen molar-refractivity contribution in [1.29, 1.82) is 0 Å². The number of nitrogens with zero attached hydrogens (tertiary/aromatic N) is 2. The molecule has 0 spiro atoms. The third kappa shape index (κ3) is 3.47. The summed E-state index contributed by atoms with van der Waals surface area (Å²) in [6.45, 7) is 11.8. The third-order valence-corrected chi connectivity index (χ3v) is 2.49. The molecule has 0 saturated heterocycles. The van der Waals surface area contributed by atoms with E-state index in [2.05, 4.69) is 56.2 Å². The van der Waals surface area contributed by atoms with Gasteiger partial charge in [-0.05, 0) is 36.8 Å². The molecule has 0 aliphatic carbocycles. The lowest BCUT2D eigenvalue weighted by molar-refractivity contribution is 0.616. The lowest BCUT2D eigenvalue weighted by Crippen LogP contribution is -2.09. The molecule has 0 radical (unpaired) electrons. The first kappa shape index (κ1) is 12.9. The van der Waals surface area contributed by atoms with E-state index in [9.17, 15) is 0 Å². The maximum absolute atomic E-state index is 4.35. The predicted octanol–water partition coefficient (Wildman–Crippen LogP) is 3.23. The summed E-state index contributed by atoms with van der Waals surface area (Å²) in [5, 5.41) is 11.8. The average Bonchev–Trinajstić information content (AvgIpc) is 2.19. The molecule has 0 aliphatic heterocycles. The van der Waals surface area contributed by atoms with Gasteiger partial charge in [0.25, 0.3) is 0 Å². The Morgan fingerprint density at radius 2 is 1.88 bits per heavy atom. The first-order valence-electron chi connectivity index (χ1n) is 6.15. The van der Waals surface area contributed by atoms with Crippen LogP contribution in [0, 0.1) is 5.92 Å². The summed E-state index contributed by atoms with van der Waals surface area (Å²) >= 11 is 0. The van der Waals surface area contributed by atoms with Gasteiger partial charge in [-0.25, -0.2) is 0 Å². The Morgan fingerprint density at radius 1 is 1.19 bits per heavy atom. The van der Waals surface area contributed by atoms with E-state index in [1.165, 1.54) is 5.56 Å². The van der Waals surface area contributed by atoms with Crippen LogP contribution in [-0.4, -0.2) is 16.7 Å². The molecule has 0 aromatic carbocycles. The maximum atomic E-state index is 4.35. The largest absolute Gasteiger partial charge is 0.369 e. The van der Waals surface area contributed by atoms with Gasteiger partial charge in [0.1, 0.15) is 5.82 Å². The summed E-state index contributed by atoms with van der Waals surface area (Å²) in [6, 6.07) is 2.14. The Morgan fingerprint density at radius 3 is 2.38 bits per heavy atom. The fourth-order valence-corrected chi connectivity index (χ4v) is 1.74. The first-order chi connectivity index (χ1) is 7.54. The van der Waals surface area contributed by atoms with Crippen LogP contribution in [0.3, 0.4) is 0 Å². The van der Waals surface area contributed by atoms with Gasteiger partial charge in [-0.15, -0.1) is 5.10 Å². The molecule has 3 heteroatoms. The van der Waals surface area contributed by atoms with Crippen LogP contribution < -0.4 is 5.32 Å². The molecule has 1 N–H and O–H groups in total. The van der Waals surface area contributed by atoms with Gasteiger partial charge in [-0.1, -0.05) is 27.7 Å². The van der Waals surface area contributed by atoms with Gasteiger partial charge in [0.2, 0.25) is 0 Å². The maximum Gasteiger partial charge on any atom is 0.148 e. The Balaban J connectivity index is 2.99. The smallest absolute Gasteiger partial charge is 0.148 e. The minimum Gasteiger partial charge on any atom is -0.369 e. The molecule has 0 fully saturated rings. The van der Waals surface area contributed by atoms with Crippen molar-refractivity contribution in [1.82, 2.24) is 10.2 Å². The van der Waals surface area contributed by atoms with Crippen molar-refractivity contribution in [3.63, 3.8) is 0 Å². The van der Waals surface area contributed by atoms with Gasteiger partial charge in [0.15, 0.2) is 0 Å². The highest BCUT2D eigenvalue weighted by atomic mass is 15.2. The van der Waals surface area contributed by atoms with Crippen molar-refractivity contribution in [2.24, 2.45) is 5.92 Å². The zero-order valence-electron chi connectivity index (χ0n) is 11.0. The quantitative estimate of drug-likeness (QED) is 0.829. The summed E-state index contributed by atoms with van der Waals surface area (Å²) < 4.78 is 0. The van der Waals surface area contributed by atoms with Crippen LogP contribution in [-0.2, 0) is 6.42 Å². The van der Waals surface area contributed by atoms with E-state index in [0.717, 1.165) is 24.5 Å². The number of aromatic nitrogens is 2. The molecule has 3 nitrogen and oxygen atoms in total. The van der Waals surface area contributed by atoms with E-state index in [4.69, 9.17) is 0 Å². The first-order valence-corrected chi connectivity index (χ1v) is 6.15. The van der Waals surface area contributed by atoms with E-state index < -0.39 is 0 Å². The van der Waals surface area contributed by atoms with Crippen molar-refractivity contribution in [2.75, 3.05) is 11.9 Å². The lowest BCUT2D eigenvalue weighted by Gasteiger charge is -2.14. The van der Waals surface area contributed by atoms with E-state index in [1.54, 1.807) is 0 Å². The third-order valence-electron chi connectivity index (χ3n) is 2.49. The van der Waals surface area contributed by atoms with Gasteiger partial charge in [0, 0.05) is 6.54 Å². The van der Waals surface area contributed by atoms with Crippen LogP contribution in [0.15, 0.2) is 6.07 Å². The molecular formula is C13H23N3. The van der Waals surface area contributed by atoms with Crippen LogP contribution >= 0.6 is 0 Å². The van der Waals surface area contributed by atoms with Crippen LogP contribution in [0.5, 0.6) is 0 Å². The van der Waals surface area contributed by atoms with Gasteiger partial charge in [0.05, 0.1) is 5.69 Å². The monoisotopic (exact) mass is 221 g/mol. The number of anilines is 1. The molecule has 1 rings (SSSR count). The fourth-order valence-electron chi connectivity index (χ4n) is 1.74. The van der Waals surface area contributed by atoms with Crippen LogP contribution in [0.4, 0.5) is 5.82 Å². The molecule has 0 saturated carbocycles. The van der Waals surface area contributed by atoms with Gasteiger partial charge in [-0.3, -0.25) is 0 Å². The van der Waals surface area contributed by atoms with Gasteiger partial charge in [-0.2, -0.15) is 5.10 Å². The molecule has 1 aromatic heterocycles. The second-order valence-electron chi connectivity index (χ2n) is 4.91. The number of rotatable bonds is 5. The van der Waals surface area contributed by atoms with Crippen molar-refractivity contribution in [3.8, 4) is 0 Å². The second kappa shape index (κ2) is 5.83. The Bertz CT molecular complexity index is 332. The highest BCUT2D eigenvalue weighted by Crippen LogP contribution is 2.22. The SMILES string of the molecule is CCNc1cc(C(C)C)c(CC(C)C)nn1. The normalized spacial score (nSPS) is 11.2. The van der Waals surface area contributed by atoms with E-state index >= 15 is 0 Å². The average molecular weight is 221 g/mol. The summed E-state index contributed by atoms with van der Waals surface area (Å²) in [4.78, 5) is 0. The molecular weight excluding hydrogens is 198 g/mol. The number of hydrogen-bond acceptors (Lipinski definition) is 3. The summed E-state index contributed by atoms with van der Waals surface area (Å²) in [6.07, 6.45) is 1.01. The predicted molar refractivity (Wildman–Crippen MR) is 68.8 cm³/mol. The van der Waals surface area contributed by atoms with Crippen molar-refractivity contribution in [2.45, 2.75) is 47.0 Å². The highest BCUT2D eigenvalue weighted by molar-refractivity contribution is 5.39. The standard InChI is InChI=1S/C13H23N3/c1-6-14-13-8-11(10(4)5)12(15-16-13)7-9(2)3/h8-10H,6-7H2,1-5H3,(H,14,16). The molecule has 0 aliphatic rings. The van der Waals surface area contributed by atoms with Crippen molar-refractivity contribution >= 4 is 5.82 Å². The molecule has 1 heterocycles. The zero-order chi connectivity index (χ0) is 12.1. The van der Waals surface area contributed by atoms with Crippen LogP contribution in [0.1, 0.15) is 51.8 Å². The minimum atomic E-state index is 0.502. The van der Waals surface area contributed by atoms with Crippen LogP contribution in [0.25, 0.3) is 0 Å². The molecule has 90 valence electrons. The van der Waals surface area contributed by atoms with Crippen molar-refractivity contribution < 1.29 is 0 Å². The van der Waals surface area contributed by atoms with Crippen LogP contribution in [0.2, 0.25) is 0 Å². The molecule has 1 aromatic rings. The zero-order valence-corrected chi connectivity index (χ0v) is 11.0. The second-order valence-corrected chi connectivity index (χ2v) is 4.91. The molecule has 0 amide bonds. The highest BCUT2D eigenvalue weighted by Gasteiger charge is 2.11. The van der Waals surface area contributed by atoms with Gasteiger partial charge < -0.3 is 5.32 Å². The Kier molecular flexibility index (Phi) is 4.71. The van der Waals surface area contributed by atoms with Crippen molar-refractivity contribution in [3.05, 3.63) is 17.3 Å². The summed E-state index contributed by atoms with van der Waals surface area (Å²) in [5.41, 5.74) is 2.46. The van der Waals surface area contributed by atoms with E-state index in [-0.39, 0.29) is 0 Å². The Hall–Kier alpha value is -1.12. The molecule has 0 atom stereocenters. The van der Waals surface area contributed by atoms with E-state index in [0.29, 0.717) is 11.8 Å². The molecule has 16 heavy (non-hydrogen) atoms. The van der Waals surface area contributed by atoms with E-state index in [1.807, 2.05) is 0 Å². The number of hydrogen-bond donors (Lipinski definition) is 1. The van der Waals surface area contributed by atoms with Gasteiger partial charge >= 0.3 is 0 Å². The summed E-state index contributed by atoms with van der Waals surface area (Å²) in [7, 11) is 0. The molecule has 0 bridgehead atoms. The molecule has 0 unspecified atom stereocenters. The summed E-state index contributed by atoms with van der Waals surface area (Å²) in [5.74, 6) is 2.01. The number of nitrogens with one attached hydrogen (secondary N) is 1. The minimum absolute atomic E-state index is 0.502. The fraction of sp³-hybridized carbons (Fsp3) is 0.692. The lowest BCUT2D eigenvalue weighted by atomic mass is 9.97. The topological polar surface area (TPSA) is 37.8 Å².